The Morgan fingerprint density at radius 3 is 3.00 bits per heavy atom. The summed E-state index contributed by atoms with van der Waals surface area (Å²) in [6, 6.07) is 10.5. The van der Waals surface area contributed by atoms with Crippen molar-refractivity contribution in [3.63, 3.8) is 0 Å². The Kier molecular flexibility index (Phi) is 3.60. The number of ether oxygens (including phenoxy) is 1. The van der Waals surface area contributed by atoms with E-state index < -0.39 is 0 Å². The first-order valence-corrected chi connectivity index (χ1v) is 9.21. The van der Waals surface area contributed by atoms with Crippen molar-refractivity contribution in [1.29, 1.82) is 0 Å². The van der Waals surface area contributed by atoms with Crippen LogP contribution in [0.4, 0.5) is 5.82 Å². The molecule has 0 aromatic carbocycles. The van der Waals surface area contributed by atoms with Gasteiger partial charge in [0.05, 0.1) is 30.9 Å². The quantitative estimate of drug-likeness (QED) is 0.758. The predicted octanol–water partition coefficient (Wildman–Crippen LogP) is 2.96. The first kappa shape index (κ1) is 15.6. The van der Waals surface area contributed by atoms with Gasteiger partial charge >= 0.3 is 0 Å². The van der Waals surface area contributed by atoms with Gasteiger partial charge in [0.1, 0.15) is 17.2 Å². The average Bonchev–Trinajstić information content (AvgIpc) is 3.28. The van der Waals surface area contributed by atoms with Gasteiger partial charge < -0.3 is 15.4 Å². The summed E-state index contributed by atoms with van der Waals surface area (Å²) in [6.45, 7) is 2.33. The lowest BCUT2D eigenvalue weighted by atomic mass is 9.65. The minimum atomic E-state index is 0.528. The summed E-state index contributed by atoms with van der Waals surface area (Å²) in [5, 5.41) is 7.10. The fourth-order valence-corrected chi connectivity index (χ4v) is 4.37. The highest BCUT2D eigenvalue weighted by atomic mass is 16.5. The molecule has 134 valence electrons. The van der Waals surface area contributed by atoms with E-state index in [1.807, 2.05) is 41.1 Å². The van der Waals surface area contributed by atoms with Crippen LogP contribution < -0.4 is 15.4 Å². The Hall–Kier alpha value is -2.60. The Bertz CT molecular complexity index is 936. The van der Waals surface area contributed by atoms with Crippen LogP contribution in [0, 0.1) is 5.41 Å². The topological polar surface area (TPSA) is 63.5 Å². The third-order valence-corrected chi connectivity index (χ3v) is 5.77. The van der Waals surface area contributed by atoms with Crippen molar-refractivity contribution in [3.05, 3.63) is 42.7 Å². The molecule has 1 aliphatic heterocycles. The van der Waals surface area contributed by atoms with Crippen LogP contribution in [-0.4, -0.2) is 40.6 Å². The molecule has 6 nitrogen and oxygen atoms in total. The van der Waals surface area contributed by atoms with E-state index in [9.17, 15) is 0 Å². The molecule has 1 aliphatic carbocycles. The van der Waals surface area contributed by atoms with Crippen LogP contribution in [-0.2, 0) is 0 Å². The molecule has 2 N–H and O–H groups in total. The highest BCUT2D eigenvalue weighted by molar-refractivity contribution is 5.62. The SMILES string of the molecule is COc1ccc2ncc(-c3cccc(NC4CC5(CCNC5)C4)n3)n2c1. The molecule has 3 aromatic heterocycles. The Labute approximate surface area is 152 Å². The van der Waals surface area contributed by atoms with E-state index >= 15 is 0 Å². The summed E-state index contributed by atoms with van der Waals surface area (Å²) in [5.41, 5.74) is 3.29. The molecule has 1 saturated carbocycles. The molecular weight excluding hydrogens is 326 g/mol. The fraction of sp³-hybridized carbons (Fsp3) is 0.400. The summed E-state index contributed by atoms with van der Waals surface area (Å²) < 4.78 is 7.36. The van der Waals surface area contributed by atoms with Crippen LogP contribution >= 0.6 is 0 Å². The lowest BCUT2D eigenvalue weighted by molar-refractivity contribution is 0.141. The standard InChI is InChI=1S/C20H23N5O/c1-26-15-5-6-19-22-11-17(25(19)12-15)16-3-2-4-18(24-16)23-14-9-20(10-14)7-8-21-13-20/h2-6,11-12,14,21H,7-10,13H2,1H3,(H,23,24). The molecule has 0 unspecified atom stereocenters. The Balaban J connectivity index is 1.38. The Morgan fingerprint density at radius 1 is 1.27 bits per heavy atom. The van der Waals surface area contributed by atoms with Crippen LogP contribution in [0.3, 0.4) is 0 Å². The maximum Gasteiger partial charge on any atom is 0.137 e. The molecule has 1 saturated heterocycles. The number of aromatic nitrogens is 3. The monoisotopic (exact) mass is 349 g/mol. The largest absolute Gasteiger partial charge is 0.495 e. The highest BCUT2D eigenvalue weighted by Gasteiger charge is 2.45. The molecule has 1 spiro atoms. The zero-order valence-corrected chi connectivity index (χ0v) is 14.9. The van der Waals surface area contributed by atoms with E-state index in [0.717, 1.165) is 35.1 Å². The van der Waals surface area contributed by atoms with E-state index in [4.69, 9.17) is 9.72 Å². The number of nitrogens with one attached hydrogen (secondary N) is 2. The number of hydrogen-bond acceptors (Lipinski definition) is 5. The summed E-state index contributed by atoms with van der Waals surface area (Å²) in [4.78, 5) is 9.31. The van der Waals surface area contributed by atoms with Gasteiger partial charge in [-0.05, 0) is 55.5 Å². The fourth-order valence-electron chi connectivity index (χ4n) is 4.37. The minimum Gasteiger partial charge on any atom is -0.495 e. The van der Waals surface area contributed by atoms with Crippen molar-refractivity contribution < 1.29 is 4.74 Å². The number of methoxy groups -OCH3 is 1. The summed E-state index contributed by atoms with van der Waals surface area (Å²) in [6.07, 6.45) is 7.59. The van der Waals surface area contributed by atoms with Crippen molar-refractivity contribution in [2.75, 3.05) is 25.5 Å². The molecule has 26 heavy (non-hydrogen) atoms. The molecule has 6 heteroatoms. The molecule has 5 rings (SSSR count). The van der Waals surface area contributed by atoms with E-state index in [2.05, 4.69) is 21.7 Å². The lowest BCUT2D eigenvalue weighted by Gasteiger charge is -2.45. The lowest BCUT2D eigenvalue weighted by Crippen LogP contribution is -2.46. The normalized spacial score (nSPS) is 24.7. The zero-order chi connectivity index (χ0) is 17.6. The van der Waals surface area contributed by atoms with Crippen LogP contribution in [0.2, 0.25) is 0 Å². The first-order chi connectivity index (χ1) is 12.7. The average molecular weight is 349 g/mol. The van der Waals surface area contributed by atoms with Crippen molar-refractivity contribution >= 4 is 11.5 Å². The summed E-state index contributed by atoms with van der Waals surface area (Å²) in [7, 11) is 1.67. The molecule has 2 aliphatic rings. The molecule has 0 radical (unpaired) electrons. The number of pyridine rings is 2. The number of imidazole rings is 1. The predicted molar refractivity (Wildman–Crippen MR) is 102 cm³/mol. The minimum absolute atomic E-state index is 0.528. The number of hydrogen-bond donors (Lipinski definition) is 2. The van der Waals surface area contributed by atoms with Crippen molar-refractivity contribution in [2.24, 2.45) is 5.41 Å². The van der Waals surface area contributed by atoms with Crippen molar-refractivity contribution in [3.8, 4) is 17.1 Å². The maximum atomic E-state index is 5.34. The summed E-state index contributed by atoms with van der Waals surface area (Å²) >= 11 is 0. The first-order valence-electron chi connectivity index (χ1n) is 9.21. The molecule has 3 aromatic rings. The second-order valence-corrected chi connectivity index (χ2v) is 7.52. The van der Waals surface area contributed by atoms with Gasteiger partial charge in [-0.2, -0.15) is 0 Å². The smallest absolute Gasteiger partial charge is 0.137 e. The van der Waals surface area contributed by atoms with Crippen LogP contribution in [0.5, 0.6) is 5.75 Å². The van der Waals surface area contributed by atoms with E-state index in [1.165, 1.54) is 25.8 Å². The number of rotatable bonds is 4. The van der Waals surface area contributed by atoms with Crippen LogP contribution in [0.25, 0.3) is 17.0 Å². The van der Waals surface area contributed by atoms with Crippen molar-refractivity contribution in [2.45, 2.75) is 25.3 Å². The molecule has 4 heterocycles. The number of fused-ring (bicyclic) bond motifs is 1. The van der Waals surface area contributed by atoms with E-state index in [1.54, 1.807) is 7.11 Å². The second-order valence-electron chi connectivity index (χ2n) is 7.52. The second kappa shape index (κ2) is 5.99. The van der Waals surface area contributed by atoms with Crippen molar-refractivity contribution in [1.82, 2.24) is 19.7 Å². The van der Waals surface area contributed by atoms with Gasteiger partial charge in [-0.1, -0.05) is 6.07 Å². The molecule has 2 fully saturated rings. The summed E-state index contributed by atoms with van der Waals surface area (Å²) in [5.74, 6) is 1.74. The van der Waals surface area contributed by atoms with Gasteiger partial charge in [-0.15, -0.1) is 0 Å². The van der Waals surface area contributed by atoms with Gasteiger partial charge in [-0.3, -0.25) is 4.40 Å². The molecule has 0 amide bonds. The van der Waals surface area contributed by atoms with E-state index in [0.29, 0.717) is 11.5 Å². The van der Waals surface area contributed by atoms with Crippen LogP contribution in [0.15, 0.2) is 42.7 Å². The molecule has 0 bridgehead atoms. The van der Waals surface area contributed by atoms with Gasteiger partial charge in [-0.25, -0.2) is 9.97 Å². The molecular formula is C20H23N5O. The number of nitrogens with zero attached hydrogens (tertiary/aromatic N) is 3. The number of anilines is 1. The van der Waals surface area contributed by atoms with Crippen LogP contribution in [0.1, 0.15) is 19.3 Å². The third-order valence-electron chi connectivity index (χ3n) is 5.77. The van der Waals surface area contributed by atoms with Gasteiger partial charge in [0, 0.05) is 12.6 Å². The van der Waals surface area contributed by atoms with Gasteiger partial charge in [0.15, 0.2) is 0 Å². The van der Waals surface area contributed by atoms with E-state index in [-0.39, 0.29) is 0 Å². The Morgan fingerprint density at radius 2 is 2.19 bits per heavy atom. The third kappa shape index (κ3) is 2.61. The highest BCUT2D eigenvalue weighted by Crippen LogP contribution is 2.46. The maximum absolute atomic E-state index is 5.34. The molecule has 0 atom stereocenters. The zero-order valence-electron chi connectivity index (χ0n) is 14.9. The van der Waals surface area contributed by atoms with Gasteiger partial charge in [0.2, 0.25) is 0 Å². The van der Waals surface area contributed by atoms with Gasteiger partial charge in [0.25, 0.3) is 0 Å².